The molecule has 0 heterocycles. The van der Waals surface area contributed by atoms with Gasteiger partial charge < -0.3 is 21.5 Å². The van der Waals surface area contributed by atoms with Crippen LogP contribution in [0.4, 0.5) is 22.7 Å². The van der Waals surface area contributed by atoms with E-state index in [4.69, 9.17) is 5.73 Å². The minimum Gasteiger partial charge on any atom is -0.505 e. The highest BCUT2D eigenvalue weighted by Gasteiger charge is 2.22. The third-order valence-corrected chi connectivity index (χ3v) is 3.51. The fourth-order valence-electron chi connectivity index (χ4n) is 2.27. The standard InChI is InChI=1S/C17H13N3O4/c18-17(24)10-7-4-8-11(14(10)21)20-13-12(15(22)16(13)23)19-9-5-2-1-3-6-9/h1-8,19-21H,(H2,18,24). The third kappa shape index (κ3) is 2.58. The minimum atomic E-state index is -0.802. The zero-order valence-corrected chi connectivity index (χ0v) is 12.4. The lowest BCUT2D eigenvalue weighted by molar-refractivity contribution is 0.0998. The fourth-order valence-corrected chi connectivity index (χ4v) is 2.27. The van der Waals surface area contributed by atoms with Crippen LogP contribution < -0.4 is 27.2 Å². The first-order valence-corrected chi connectivity index (χ1v) is 7.03. The van der Waals surface area contributed by atoms with Gasteiger partial charge in [-0.1, -0.05) is 24.3 Å². The summed E-state index contributed by atoms with van der Waals surface area (Å²) in [6.45, 7) is 0. The largest absolute Gasteiger partial charge is 0.505 e. The lowest BCUT2D eigenvalue weighted by atomic mass is 10.1. The maximum absolute atomic E-state index is 11.8. The van der Waals surface area contributed by atoms with E-state index in [2.05, 4.69) is 10.6 Å². The van der Waals surface area contributed by atoms with Crippen LogP contribution in [0.2, 0.25) is 0 Å². The molecule has 120 valence electrons. The van der Waals surface area contributed by atoms with Crippen molar-refractivity contribution < 1.29 is 9.90 Å². The van der Waals surface area contributed by atoms with Gasteiger partial charge in [-0.05, 0) is 24.3 Å². The topological polar surface area (TPSA) is 122 Å². The van der Waals surface area contributed by atoms with Crippen LogP contribution in [0.25, 0.3) is 0 Å². The number of hydrogen-bond acceptors (Lipinski definition) is 6. The molecule has 0 saturated heterocycles. The summed E-state index contributed by atoms with van der Waals surface area (Å²) in [7, 11) is 0. The summed E-state index contributed by atoms with van der Waals surface area (Å²) in [6.07, 6.45) is 0. The summed E-state index contributed by atoms with van der Waals surface area (Å²) in [5.74, 6) is -1.19. The molecule has 0 aliphatic rings. The van der Waals surface area contributed by atoms with Gasteiger partial charge in [0.15, 0.2) is 5.75 Å². The molecule has 3 aromatic rings. The van der Waals surface area contributed by atoms with E-state index in [0.717, 1.165) is 0 Å². The Labute approximate surface area is 136 Å². The monoisotopic (exact) mass is 323 g/mol. The summed E-state index contributed by atoms with van der Waals surface area (Å²) in [6, 6.07) is 13.2. The van der Waals surface area contributed by atoms with Gasteiger partial charge in [0.2, 0.25) is 0 Å². The predicted octanol–water partition coefficient (Wildman–Crippen LogP) is 1.57. The molecule has 0 bridgehead atoms. The van der Waals surface area contributed by atoms with Crippen molar-refractivity contribution in [2.45, 2.75) is 0 Å². The molecule has 0 radical (unpaired) electrons. The Bertz CT molecular complexity index is 989. The van der Waals surface area contributed by atoms with Crippen LogP contribution in [0.15, 0.2) is 58.1 Å². The molecule has 0 unspecified atom stereocenters. The van der Waals surface area contributed by atoms with Gasteiger partial charge >= 0.3 is 0 Å². The molecule has 0 aromatic heterocycles. The zero-order chi connectivity index (χ0) is 17.3. The highest BCUT2D eigenvalue weighted by atomic mass is 16.3. The normalized spacial score (nSPS) is 10.5. The molecular formula is C17H13N3O4. The Hall–Kier alpha value is -3.61. The third-order valence-electron chi connectivity index (χ3n) is 3.51. The number of primary amides is 1. The van der Waals surface area contributed by atoms with Gasteiger partial charge in [-0.25, -0.2) is 0 Å². The van der Waals surface area contributed by atoms with Gasteiger partial charge in [-0.3, -0.25) is 14.4 Å². The molecule has 0 saturated carbocycles. The molecule has 0 spiro atoms. The van der Waals surface area contributed by atoms with Crippen molar-refractivity contribution in [2.24, 2.45) is 5.73 Å². The first kappa shape index (κ1) is 15.3. The molecule has 7 nitrogen and oxygen atoms in total. The lowest BCUT2D eigenvalue weighted by Crippen LogP contribution is -2.35. The molecule has 0 aliphatic heterocycles. The number of aromatic hydroxyl groups is 1. The fraction of sp³-hybridized carbons (Fsp3) is 0. The van der Waals surface area contributed by atoms with Gasteiger partial charge in [0.1, 0.15) is 11.4 Å². The second-order valence-corrected chi connectivity index (χ2v) is 5.09. The summed E-state index contributed by atoms with van der Waals surface area (Å²) in [5.41, 5.74) is 4.56. The number of carbonyl (C=O) groups excluding carboxylic acids is 1. The Morgan fingerprint density at radius 1 is 0.875 bits per heavy atom. The quantitative estimate of drug-likeness (QED) is 0.418. The molecule has 3 aromatic carbocycles. The Kier molecular flexibility index (Phi) is 3.75. The number of nitrogens with two attached hydrogens (primary N) is 1. The maximum atomic E-state index is 11.8. The van der Waals surface area contributed by atoms with E-state index >= 15 is 0 Å². The molecule has 24 heavy (non-hydrogen) atoms. The highest BCUT2D eigenvalue weighted by molar-refractivity contribution is 5.98. The average Bonchev–Trinajstić information content (AvgIpc) is 2.59. The van der Waals surface area contributed by atoms with Crippen molar-refractivity contribution in [1.82, 2.24) is 0 Å². The molecule has 0 atom stereocenters. The zero-order valence-electron chi connectivity index (χ0n) is 12.4. The van der Waals surface area contributed by atoms with E-state index in [9.17, 15) is 19.5 Å². The first-order chi connectivity index (χ1) is 11.5. The summed E-state index contributed by atoms with van der Waals surface area (Å²) in [4.78, 5) is 34.8. The van der Waals surface area contributed by atoms with Gasteiger partial charge in [0, 0.05) is 5.69 Å². The predicted molar refractivity (Wildman–Crippen MR) is 91.0 cm³/mol. The smallest absolute Gasteiger partial charge is 0.253 e. The summed E-state index contributed by atoms with van der Waals surface area (Å²) in [5, 5.41) is 15.6. The van der Waals surface area contributed by atoms with E-state index in [1.165, 1.54) is 18.2 Å². The van der Waals surface area contributed by atoms with Gasteiger partial charge in [0.05, 0.1) is 11.3 Å². The van der Waals surface area contributed by atoms with Crippen LogP contribution in [0.1, 0.15) is 10.4 Å². The van der Waals surface area contributed by atoms with Gasteiger partial charge in [-0.2, -0.15) is 0 Å². The first-order valence-electron chi connectivity index (χ1n) is 7.03. The van der Waals surface area contributed by atoms with Crippen molar-refractivity contribution in [3.8, 4) is 5.75 Å². The number of para-hydroxylation sites is 2. The highest BCUT2D eigenvalue weighted by Crippen LogP contribution is 2.31. The van der Waals surface area contributed by atoms with Crippen LogP contribution >= 0.6 is 0 Å². The van der Waals surface area contributed by atoms with Gasteiger partial charge in [-0.15, -0.1) is 0 Å². The van der Waals surface area contributed by atoms with E-state index in [0.29, 0.717) is 5.69 Å². The van der Waals surface area contributed by atoms with Crippen LogP contribution in [0.3, 0.4) is 0 Å². The number of amides is 1. The van der Waals surface area contributed by atoms with E-state index in [-0.39, 0.29) is 28.4 Å². The van der Waals surface area contributed by atoms with Crippen molar-refractivity contribution in [3.05, 3.63) is 74.5 Å². The summed E-state index contributed by atoms with van der Waals surface area (Å²) >= 11 is 0. The second kappa shape index (κ2) is 5.88. The average molecular weight is 323 g/mol. The second-order valence-electron chi connectivity index (χ2n) is 5.09. The van der Waals surface area contributed by atoms with Crippen molar-refractivity contribution in [1.29, 1.82) is 0 Å². The molecule has 3 rings (SSSR count). The molecule has 1 amide bonds. The summed E-state index contributed by atoms with van der Waals surface area (Å²) < 4.78 is 0. The number of carbonyl (C=O) groups is 1. The number of benzene rings is 2. The lowest BCUT2D eigenvalue weighted by Gasteiger charge is -2.16. The van der Waals surface area contributed by atoms with Crippen molar-refractivity contribution in [3.63, 3.8) is 0 Å². The number of rotatable bonds is 5. The maximum Gasteiger partial charge on any atom is 0.253 e. The van der Waals surface area contributed by atoms with Crippen molar-refractivity contribution in [2.75, 3.05) is 10.6 Å². The Morgan fingerprint density at radius 2 is 1.50 bits per heavy atom. The van der Waals surface area contributed by atoms with Crippen LogP contribution in [-0.2, 0) is 0 Å². The van der Waals surface area contributed by atoms with Crippen molar-refractivity contribution >= 4 is 28.7 Å². The Balaban J connectivity index is 1.94. The number of hydrogen-bond donors (Lipinski definition) is 4. The molecule has 5 N–H and O–H groups in total. The number of phenols is 1. The molecule has 0 aliphatic carbocycles. The Morgan fingerprint density at radius 3 is 2.12 bits per heavy atom. The van der Waals surface area contributed by atoms with Crippen LogP contribution in [0.5, 0.6) is 5.75 Å². The number of anilines is 4. The van der Waals surface area contributed by atoms with E-state index < -0.39 is 16.8 Å². The van der Waals surface area contributed by atoms with Crippen LogP contribution in [0, 0.1) is 0 Å². The molecular weight excluding hydrogens is 310 g/mol. The van der Waals surface area contributed by atoms with E-state index in [1.54, 1.807) is 24.3 Å². The minimum absolute atomic E-state index is 0.0146. The van der Waals surface area contributed by atoms with Crippen LogP contribution in [-0.4, -0.2) is 11.0 Å². The molecule has 0 fully saturated rings. The van der Waals surface area contributed by atoms with Gasteiger partial charge in [0.25, 0.3) is 16.8 Å². The molecule has 7 heteroatoms. The van der Waals surface area contributed by atoms with E-state index in [1.807, 2.05) is 6.07 Å². The SMILES string of the molecule is NC(=O)c1cccc(Nc2c(Nc3ccccc3)c(=O)c2=O)c1O. The number of nitrogens with one attached hydrogen (secondary N) is 2.